The summed E-state index contributed by atoms with van der Waals surface area (Å²) in [5.41, 5.74) is 6.89. The standard InChI is InChI=1S/C18H26N4O2S.2ClH/c1-3-22(4-2)9-10-24-16-8-6-5-7-14(16)12-20-18(23)15-13-25-17(11-19)21-15;;/h5-8,13H,3-4,9-12,19H2,1-2H3,(H,20,23);2*1H. The fourth-order valence-electron chi connectivity index (χ4n) is 2.39. The van der Waals surface area contributed by atoms with Crippen LogP contribution in [0.3, 0.4) is 0 Å². The normalized spacial score (nSPS) is 10.1. The van der Waals surface area contributed by atoms with Crippen molar-refractivity contribution in [2.75, 3.05) is 26.2 Å². The number of carbonyl (C=O) groups is 1. The van der Waals surface area contributed by atoms with Crippen molar-refractivity contribution in [3.8, 4) is 5.75 Å². The zero-order chi connectivity index (χ0) is 18.1. The molecule has 0 unspecified atom stereocenters. The molecule has 0 saturated carbocycles. The van der Waals surface area contributed by atoms with Crippen LogP contribution in [-0.4, -0.2) is 42.0 Å². The number of rotatable bonds is 10. The van der Waals surface area contributed by atoms with Crippen LogP contribution in [0.1, 0.15) is 34.9 Å². The molecule has 1 heterocycles. The molecule has 0 saturated heterocycles. The SMILES string of the molecule is CCN(CC)CCOc1ccccc1CNC(=O)c1csc(CN)n1.Cl.Cl. The summed E-state index contributed by atoms with van der Waals surface area (Å²) in [7, 11) is 0. The Morgan fingerprint density at radius 3 is 2.59 bits per heavy atom. The van der Waals surface area contributed by atoms with Crippen molar-refractivity contribution in [2.24, 2.45) is 5.73 Å². The lowest BCUT2D eigenvalue weighted by Crippen LogP contribution is -2.28. The Morgan fingerprint density at radius 2 is 1.96 bits per heavy atom. The Labute approximate surface area is 177 Å². The van der Waals surface area contributed by atoms with Crippen molar-refractivity contribution < 1.29 is 9.53 Å². The molecule has 9 heteroatoms. The number of aromatic nitrogens is 1. The van der Waals surface area contributed by atoms with E-state index in [1.165, 1.54) is 11.3 Å². The van der Waals surface area contributed by atoms with Crippen LogP contribution in [-0.2, 0) is 13.1 Å². The van der Waals surface area contributed by atoms with Gasteiger partial charge in [-0.3, -0.25) is 4.79 Å². The van der Waals surface area contributed by atoms with Gasteiger partial charge in [0.25, 0.3) is 5.91 Å². The molecule has 152 valence electrons. The molecule has 1 aromatic heterocycles. The van der Waals surface area contributed by atoms with Gasteiger partial charge in [0.1, 0.15) is 23.1 Å². The van der Waals surface area contributed by atoms with Crippen LogP contribution in [0.15, 0.2) is 29.6 Å². The van der Waals surface area contributed by atoms with E-state index >= 15 is 0 Å². The van der Waals surface area contributed by atoms with Gasteiger partial charge in [-0.25, -0.2) is 4.98 Å². The molecule has 6 nitrogen and oxygen atoms in total. The Hall–Kier alpha value is -1.38. The Bertz CT molecular complexity index is 681. The number of hydrogen-bond acceptors (Lipinski definition) is 6. The van der Waals surface area contributed by atoms with Crippen LogP contribution in [0.4, 0.5) is 0 Å². The zero-order valence-electron chi connectivity index (χ0n) is 15.6. The van der Waals surface area contributed by atoms with Crippen molar-refractivity contribution in [1.29, 1.82) is 0 Å². The predicted molar refractivity (Wildman–Crippen MR) is 115 cm³/mol. The van der Waals surface area contributed by atoms with E-state index in [1.807, 2.05) is 24.3 Å². The van der Waals surface area contributed by atoms with Crippen molar-refractivity contribution in [2.45, 2.75) is 26.9 Å². The monoisotopic (exact) mass is 434 g/mol. The first kappa shape index (κ1) is 25.6. The average molecular weight is 435 g/mol. The number of carbonyl (C=O) groups excluding carboxylic acids is 1. The second-order valence-electron chi connectivity index (χ2n) is 5.50. The minimum Gasteiger partial charge on any atom is -0.492 e. The lowest BCUT2D eigenvalue weighted by Gasteiger charge is -2.19. The summed E-state index contributed by atoms with van der Waals surface area (Å²) in [4.78, 5) is 18.7. The topological polar surface area (TPSA) is 80.5 Å². The molecule has 1 amide bonds. The maximum Gasteiger partial charge on any atom is 0.271 e. The third-order valence-corrected chi connectivity index (χ3v) is 4.80. The number of thiazole rings is 1. The molecule has 0 spiro atoms. The number of ether oxygens (including phenoxy) is 1. The number of nitrogens with two attached hydrogens (primary N) is 1. The van der Waals surface area contributed by atoms with Gasteiger partial charge in [0.05, 0.1) is 0 Å². The summed E-state index contributed by atoms with van der Waals surface area (Å²) in [5, 5.41) is 5.37. The van der Waals surface area contributed by atoms with E-state index in [4.69, 9.17) is 10.5 Å². The molecule has 0 aliphatic rings. The molecule has 2 rings (SSSR count). The third-order valence-electron chi connectivity index (χ3n) is 3.93. The quantitative estimate of drug-likeness (QED) is 0.600. The fourth-order valence-corrected chi connectivity index (χ4v) is 3.04. The highest BCUT2D eigenvalue weighted by Crippen LogP contribution is 2.18. The summed E-state index contributed by atoms with van der Waals surface area (Å²) in [5.74, 6) is 0.602. The number of likely N-dealkylation sites (N-methyl/N-ethyl adjacent to an activating group) is 1. The Balaban J connectivity index is 0.00000338. The number of nitrogens with one attached hydrogen (secondary N) is 1. The first-order chi connectivity index (χ1) is 12.2. The van der Waals surface area contributed by atoms with Crippen LogP contribution in [0.25, 0.3) is 0 Å². The van der Waals surface area contributed by atoms with Gasteiger partial charge in [-0.05, 0) is 19.2 Å². The molecule has 0 aliphatic carbocycles. The van der Waals surface area contributed by atoms with Crippen molar-refractivity contribution >= 4 is 42.1 Å². The molecule has 1 aromatic carbocycles. The summed E-state index contributed by atoms with van der Waals surface area (Å²) >= 11 is 1.39. The molecule has 0 bridgehead atoms. The predicted octanol–water partition coefficient (Wildman–Crippen LogP) is 3.10. The Morgan fingerprint density at radius 1 is 1.26 bits per heavy atom. The molecule has 0 fully saturated rings. The van der Waals surface area contributed by atoms with Gasteiger partial charge in [0.2, 0.25) is 0 Å². The van der Waals surface area contributed by atoms with Gasteiger partial charge in [0.15, 0.2) is 0 Å². The van der Waals surface area contributed by atoms with Gasteiger partial charge in [-0.1, -0.05) is 32.0 Å². The lowest BCUT2D eigenvalue weighted by atomic mass is 10.2. The molecule has 2 aromatic rings. The van der Waals surface area contributed by atoms with E-state index in [1.54, 1.807) is 5.38 Å². The number of amides is 1. The maximum absolute atomic E-state index is 12.2. The van der Waals surface area contributed by atoms with Gasteiger partial charge < -0.3 is 20.7 Å². The van der Waals surface area contributed by atoms with Gasteiger partial charge in [0, 0.05) is 30.6 Å². The van der Waals surface area contributed by atoms with E-state index in [2.05, 4.69) is 29.0 Å². The summed E-state index contributed by atoms with van der Waals surface area (Å²) in [6, 6.07) is 7.76. The van der Waals surface area contributed by atoms with Crippen molar-refractivity contribution in [1.82, 2.24) is 15.2 Å². The van der Waals surface area contributed by atoms with Crippen molar-refractivity contribution in [3.05, 3.63) is 45.9 Å². The van der Waals surface area contributed by atoms with Gasteiger partial charge >= 0.3 is 0 Å². The number of benzene rings is 1. The van der Waals surface area contributed by atoms with E-state index < -0.39 is 0 Å². The summed E-state index contributed by atoms with van der Waals surface area (Å²) < 4.78 is 5.91. The molecular formula is C18H28Cl2N4O2S. The van der Waals surface area contributed by atoms with E-state index in [9.17, 15) is 4.79 Å². The molecule has 3 N–H and O–H groups in total. The first-order valence-corrected chi connectivity index (χ1v) is 9.41. The summed E-state index contributed by atoms with van der Waals surface area (Å²) in [6.07, 6.45) is 0. The van der Waals surface area contributed by atoms with Crippen molar-refractivity contribution in [3.63, 3.8) is 0 Å². The third kappa shape index (κ3) is 8.02. The smallest absolute Gasteiger partial charge is 0.271 e. The molecule has 0 radical (unpaired) electrons. The van der Waals surface area contributed by atoms with E-state index in [0.29, 0.717) is 25.4 Å². The van der Waals surface area contributed by atoms with Gasteiger partial charge in [-0.2, -0.15) is 0 Å². The van der Waals surface area contributed by atoms with Crippen LogP contribution in [0, 0.1) is 0 Å². The lowest BCUT2D eigenvalue weighted by molar-refractivity contribution is 0.0946. The number of para-hydroxylation sites is 1. The second kappa shape index (κ2) is 13.7. The largest absolute Gasteiger partial charge is 0.492 e. The Kier molecular flexibility index (Phi) is 13.0. The maximum atomic E-state index is 12.2. The van der Waals surface area contributed by atoms with Gasteiger partial charge in [-0.15, -0.1) is 36.2 Å². The summed E-state index contributed by atoms with van der Waals surface area (Å²) in [6.45, 7) is 8.55. The molecule has 27 heavy (non-hydrogen) atoms. The molecular weight excluding hydrogens is 407 g/mol. The number of nitrogens with zero attached hydrogens (tertiary/aromatic N) is 2. The van der Waals surface area contributed by atoms with Crippen LogP contribution < -0.4 is 15.8 Å². The zero-order valence-corrected chi connectivity index (χ0v) is 18.1. The minimum atomic E-state index is -0.200. The average Bonchev–Trinajstić information content (AvgIpc) is 3.13. The highest BCUT2D eigenvalue weighted by molar-refractivity contribution is 7.09. The van der Waals surface area contributed by atoms with Crippen LogP contribution >= 0.6 is 36.2 Å². The number of halogens is 2. The van der Waals surface area contributed by atoms with E-state index in [0.717, 1.165) is 36.0 Å². The first-order valence-electron chi connectivity index (χ1n) is 8.53. The van der Waals surface area contributed by atoms with Crippen LogP contribution in [0.5, 0.6) is 5.75 Å². The van der Waals surface area contributed by atoms with E-state index in [-0.39, 0.29) is 30.7 Å². The minimum absolute atomic E-state index is 0. The fraction of sp³-hybridized carbons (Fsp3) is 0.444. The highest BCUT2D eigenvalue weighted by atomic mass is 35.5. The number of hydrogen-bond donors (Lipinski definition) is 2. The van der Waals surface area contributed by atoms with Crippen LogP contribution in [0.2, 0.25) is 0 Å². The second-order valence-corrected chi connectivity index (χ2v) is 6.44. The highest BCUT2D eigenvalue weighted by Gasteiger charge is 2.11. The molecule has 0 aliphatic heterocycles. The molecule has 0 atom stereocenters.